The summed E-state index contributed by atoms with van der Waals surface area (Å²) in [6.45, 7) is 2.12. The fraction of sp³-hybridized carbons (Fsp3) is 0.500. The van der Waals surface area contributed by atoms with Gasteiger partial charge in [0.15, 0.2) is 5.16 Å². The van der Waals surface area contributed by atoms with Crippen molar-refractivity contribution in [1.82, 2.24) is 9.97 Å². The van der Waals surface area contributed by atoms with Gasteiger partial charge in [0.1, 0.15) is 5.69 Å². The number of nitrogens with zero attached hydrogens (tertiary/aromatic N) is 1. The van der Waals surface area contributed by atoms with Crippen molar-refractivity contribution in [1.29, 1.82) is 0 Å². The average molecular weight is 216 g/mol. The third-order valence-electron chi connectivity index (χ3n) is 1.36. The van der Waals surface area contributed by atoms with Crippen molar-refractivity contribution in [2.75, 3.05) is 19.7 Å². The summed E-state index contributed by atoms with van der Waals surface area (Å²) in [6, 6.07) is 0. The number of aromatic amines is 1. The van der Waals surface area contributed by atoms with Gasteiger partial charge in [-0.2, -0.15) is 0 Å². The summed E-state index contributed by atoms with van der Waals surface area (Å²) in [7, 11) is 1.60. The van der Waals surface area contributed by atoms with Crippen LogP contribution in [0.2, 0.25) is 0 Å². The van der Waals surface area contributed by atoms with Gasteiger partial charge in [-0.3, -0.25) is 0 Å². The molecule has 1 heterocycles. The standard InChI is InChI=1S/C8H12N2O3S/c1-3-13-7(11)6-4-9-8(10-6)14-5-12-2/h4H,3,5H2,1-2H3,(H,9,10). The van der Waals surface area contributed by atoms with Gasteiger partial charge >= 0.3 is 5.97 Å². The third kappa shape index (κ3) is 3.04. The highest BCUT2D eigenvalue weighted by Crippen LogP contribution is 2.13. The van der Waals surface area contributed by atoms with Crippen LogP contribution in [-0.4, -0.2) is 35.6 Å². The molecule has 0 spiro atoms. The smallest absolute Gasteiger partial charge is 0.356 e. The van der Waals surface area contributed by atoms with Crippen LogP contribution < -0.4 is 0 Å². The minimum Gasteiger partial charge on any atom is -0.461 e. The maximum atomic E-state index is 11.2. The molecule has 1 aromatic heterocycles. The van der Waals surface area contributed by atoms with Crippen molar-refractivity contribution < 1.29 is 14.3 Å². The number of ether oxygens (including phenoxy) is 2. The molecule has 0 aliphatic heterocycles. The number of carbonyl (C=O) groups is 1. The van der Waals surface area contributed by atoms with Crippen molar-refractivity contribution in [3.63, 3.8) is 0 Å². The number of carbonyl (C=O) groups excluding carboxylic acids is 1. The Bertz CT molecular complexity index is 301. The van der Waals surface area contributed by atoms with Gasteiger partial charge in [-0.25, -0.2) is 9.78 Å². The van der Waals surface area contributed by atoms with Crippen LogP contribution >= 0.6 is 11.8 Å². The molecular weight excluding hydrogens is 204 g/mol. The number of hydrogen-bond donors (Lipinski definition) is 1. The number of methoxy groups -OCH3 is 1. The van der Waals surface area contributed by atoms with Crippen LogP contribution in [0.1, 0.15) is 17.4 Å². The van der Waals surface area contributed by atoms with E-state index in [9.17, 15) is 4.79 Å². The van der Waals surface area contributed by atoms with E-state index in [0.717, 1.165) is 0 Å². The Morgan fingerprint density at radius 2 is 2.50 bits per heavy atom. The lowest BCUT2D eigenvalue weighted by molar-refractivity contribution is 0.0519. The molecule has 0 aliphatic carbocycles. The average Bonchev–Trinajstić information content (AvgIpc) is 2.63. The van der Waals surface area contributed by atoms with Gasteiger partial charge in [-0.1, -0.05) is 11.8 Å². The number of esters is 1. The molecule has 0 atom stereocenters. The Balaban J connectivity index is 2.54. The Kier molecular flexibility index (Phi) is 4.48. The molecule has 0 fully saturated rings. The molecule has 1 rings (SSSR count). The molecule has 0 radical (unpaired) electrons. The molecule has 0 bridgehead atoms. The number of rotatable bonds is 5. The van der Waals surface area contributed by atoms with E-state index in [1.54, 1.807) is 14.0 Å². The van der Waals surface area contributed by atoms with Crippen LogP contribution in [0, 0.1) is 0 Å². The molecule has 78 valence electrons. The molecule has 0 unspecified atom stereocenters. The molecule has 0 amide bonds. The Labute approximate surface area is 86.2 Å². The molecule has 1 N–H and O–H groups in total. The summed E-state index contributed by atoms with van der Waals surface area (Å²) in [5, 5.41) is 0.648. The maximum Gasteiger partial charge on any atom is 0.356 e. The molecule has 0 aromatic carbocycles. The Hall–Kier alpha value is -1.01. The van der Waals surface area contributed by atoms with Crippen molar-refractivity contribution in [2.45, 2.75) is 12.1 Å². The van der Waals surface area contributed by atoms with Crippen LogP contribution in [0.15, 0.2) is 11.4 Å². The zero-order chi connectivity index (χ0) is 10.4. The number of thioether (sulfide) groups is 1. The summed E-state index contributed by atoms with van der Waals surface area (Å²) in [5.74, 6) is 0.111. The predicted molar refractivity (Wildman–Crippen MR) is 52.3 cm³/mol. The molecule has 0 saturated heterocycles. The monoisotopic (exact) mass is 216 g/mol. The fourth-order valence-corrected chi connectivity index (χ4v) is 1.34. The third-order valence-corrected chi connectivity index (χ3v) is 2.20. The lowest BCUT2D eigenvalue weighted by Crippen LogP contribution is -2.04. The SMILES string of the molecule is CCOC(=O)c1cnc(SCOC)[nH]1. The van der Waals surface area contributed by atoms with E-state index in [1.807, 2.05) is 0 Å². The summed E-state index contributed by atoms with van der Waals surface area (Å²) in [4.78, 5) is 18.0. The van der Waals surface area contributed by atoms with E-state index < -0.39 is 0 Å². The van der Waals surface area contributed by atoms with E-state index in [-0.39, 0.29) is 5.97 Å². The number of hydrogen-bond acceptors (Lipinski definition) is 5. The van der Waals surface area contributed by atoms with Gasteiger partial charge < -0.3 is 14.5 Å². The van der Waals surface area contributed by atoms with Crippen LogP contribution in [-0.2, 0) is 9.47 Å². The number of imidazole rings is 1. The summed E-state index contributed by atoms with van der Waals surface area (Å²) in [5.41, 5.74) is 0.366. The molecule has 6 heteroatoms. The van der Waals surface area contributed by atoms with Crippen LogP contribution in [0.25, 0.3) is 0 Å². The first kappa shape index (κ1) is 11.1. The normalized spacial score (nSPS) is 10.1. The van der Waals surface area contributed by atoms with Crippen LogP contribution in [0.4, 0.5) is 0 Å². The molecule has 0 aliphatic rings. The first-order valence-corrected chi connectivity index (χ1v) is 5.10. The minimum atomic E-state index is -0.385. The van der Waals surface area contributed by atoms with Gasteiger partial charge in [0.2, 0.25) is 0 Å². The van der Waals surface area contributed by atoms with Crippen molar-refractivity contribution in [3.8, 4) is 0 Å². The highest BCUT2D eigenvalue weighted by molar-refractivity contribution is 7.99. The van der Waals surface area contributed by atoms with E-state index in [4.69, 9.17) is 9.47 Å². The van der Waals surface area contributed by atoms with Gasteiger partial charge in [0, 0.05) is 7.11 Å². The van der Waals surface area contributed by atoms with E-state index in [2.05, 4.69) is 9.97 Å². The van der Waals surface area contributed by atoms with Crippen LogP contribution in [0.3, 0.4) is 0 Å². The highest BCUT2D eigenvalue weighted by atomic mass is 32.2. The van der Waals surface area contributed by atoms with Gasteiger partial charge in [0.05, 0.1) is 18.7 Å². The minimum absolute atomic E-state index is 0.360. The number of aromatic nitrogens is 2. The quantitative estimate of drug-likeness (QED) is 0.456. The highest BCUT2D eigenvalue weighted by Gasteiger charge is 2.09. The van der Waals surface area contributed by atoms with E-state index in [0.29, 0.717) is 23.4 Å². The largest absolute Gasteiger partial charge is 0.461 e. The van der Waals surface area contributed by atoms with Crippen molar-refractivity contribution in [2.24, 2.45) is 0 Å². The van der Waals surface area contributed by atoms with Gasteiger partial charge in [-0.05, 0) is 6.92 Å². The molecule has 0 saturated carbocycles. The lowest BCUT2D eigenvalue weighted by Gasteiger charge is -1.97. The lowest BCUT2D eigenvalue weighted by atomic mass is 10.5. The molecular formula is C8H12N2O3S. The Morgan fingerprint density at radius 1 is 1.71 bits per heavy atom. The topological polar surface area (TPSA) is 64.2 Å². The van der Waals surface area contributed by atoms with Gasteiger partial charge in [-0.15, -0.1) is 0 Å². The predicted octanol–water partition coefficient (Wildman–Crippen LogP) is 1.28. The summed E-state index contributed by atoms with van der Waals surface area (Å²) < 4.78 is 9.64. The fourth-order valence-electron chi connectivity index (χ4n) is 0.804. The molecule has 14 heavy (non-hydrogen) atoms. The molecule has 5 nitrogen and oxygen atoms in total. The second-order valence-electron chi connectivity index (χ2n) is 2.37. The Morgan fingerprint density at radius 3 is 3.14 bits per heavy atom. The first-order chi connectivity index (χ1) is 6.77. The second kappa shape index (κ2) is 5.66. The van der Waals surface area contributed by atoms with Crippen molar-refractivity contribution in [3.05, 3.63) is 11.9 Å². The molecule has 1 aromatic rings. The number of nitrogens with one attached hydrogen (secondary N) is 1. The zero-order valence-electron chi connectivity index (χ0n) is 8.07. The van der Waals surface area contributed by atoms with Crippen molar-refractivity contribution >= 4 is 17.7 Å². The second-order valence-corrected chi connectivity index (χ2v) is 3.28. The maximum absolute atomic E-state index is 11.2. The summed E-state index contributed by atoms with van der Waals surface area (Å²) >= 11 is 1.38. The van der Waals surface area contributed by atoms with Gasteiger partial charge in [0.25, 0.3) is 0 Å². The first-order valence-electron chi connectivity index (χ1n) is 4.11. The van der Waals surface area contributed by atoms with E-state index >= 15 is 0 Å². The zero-order valence-corrected chi connectivity index (χ0v) is 8.89. The number of H-pyrrole nitrogens is 1. The van der Waals surface area contributed by atoms with Crippen LogP contribution in [0.5, 0.6) is 0 Å². The summed E-state index contributed by atoms with van der Waals surface area (Å²) in [6.07, 6.45) is 1.45. The van der Waals surface area contributed by atoms with E-state index in [1.165, 1.54) is 18.0 Å².